The molecule has 1 aliphatic heterocycles. The molecule has 1 aromatic rings. The van der Waals surface area contributed by atoms with E-state index >= 15 is 0 Å². The van der Waals surface area contributed by atoms with Crippen LogP contribution in [0.2, 0.25) is 0 Å². The van der Waals surface area contributed by atoms with Crippen LogP contribution in [0.25, 0.3) is 0 Å². The maximum Gasteiger partial charge on any atom is 0.251 e. The third kappa shape index (κ3) is 6.69. The number of benzene rings is 1. The molecule has 2 rings (SSSR count). The summed E-state index contributed by atoms with van der Waals surface area (Å²) in [5, 5.41) is 10.1. The van der Waals surface area contributed by atoms with Crippen molar-refractivity contribution >= 4 is 36.4 Å². The van der Waals surface area contributed by atoms with E-state index in [0.717, 1.165) is 36.2 Å². The van der Waals surface area contributed by atoms with Crippen molar-refractivity contribution in [2.45, 2.75) is 65.6 Å². The van der Waals surface area contributed by atoms with Crippen molar-refractivity contribution < 1.29 is 4.79 Å². The predicted octanol–water partition coefficient (Wildman–Crippen LogP) is 4.17. The summed E-state index contributed by atoms with van der Waals surface area (Å²) in [4.78, 5) is 12.7. The quantitative estimate of drug-likeness (QED) is 0.708. The number of nitrogens with one attached hydrogen (secondary N) is 3. The van der Waals surface area contributed by atoms with Crippen molar-refractivity contribution in [3.63, 3.8) is 0 Å². The lowest BCUT2D eigenvalue weighted by molar-refractivity contribution is 0.0925. The summed E-state index contributed by atoms with van der Waals surface area (Å²) in [6.07, 6.45) is 1.99. The van der Waals surface area contributed by atoms with Crippen LogP contribution in [0, 0.1) is 12.8 Å². The van der Waals surface area contributed by atoms with Crippen LogP contribution in [-0.2, 0) is 0 Å². The Balaban J connectivity index is 0.00000288. The zero-order chi connectivity index (χ0) is 17.0. The lowest BCUT2D eigenvalue weighted by Gasteiger charge is -2.29. The molecule has 25 heavy (non-hydrogen) atoms. The van der Waals surface area contributed by atoms with Gasteiger partial charge in [0.05, 0.1) is 0 Å². The van der Waals surface area contributed by atoms with Gasteiger partial charge in [-0.2, -0.15) is 0 Å². The molecule has 3 N–H and O–H groups in total. The van der Waals surface area contributed by atoms with E-state index in [0.29, 0.717) is 18.0 Å². The zero-order valence-corrected chi connectivity index (χ0v) is 17.5. The van der Waals surface area contributed by atoms with Gasteiger partial charge in [0.25, 0.3) is 5.91 Å². The van der Waals surface area contributed by atoms with Gasteiger partial charge in [-0.15, -0.1) is 24.8 Å². The van der Waals surface area contributed by atoms with Crippen LogP contribution < -0.4 is 16.0 Å². The van der Waals surface area contributed by atoms with E-state index in [1.54, 1.807) is 0 Å². The van der Waals surface area contributed by atoms with Crippen molar-refractivity contribution in [2.24, 2.45) is 5.92 Å². The van der Waals surface area contributed by atoms with Gasteiger partial charge in [0.1, 0.15) is 0 Å². The van der Waals surface area contributed by atoms with E-state index in [-0.39, 0.29) is 36.8 Å². The Bertz CT molecular complexity index is 551. The summed E-state index contributed by atoms with van der Waals surface area (Å²) in [5.74, 6) is 0.588. The monoisotopic (exact) mass is 389 g/mol. The van der Waals surface area contributed by atoms with E-state index in [9.17, 15) is 4.79 Å². The number of hydrogen-bond donors (Lipinski definition) is 3. The van der Waals surface area contributed by atoms with Crippen LogP contribution in [0.5, 0.6) is 0 Å². The van der Waals surface area contributed by atoms with Crippen LogP contribution in [0.3, 0.4) is 0 Å². The number of anilines is 1. The Morgan fingerprint density at radius 2 is 1.92 bits per heavy atom. The van der Waals surface area contributed by atoms with E-state index in [2.05, 4.69) is 49.7 Å². The highest BCUT2D eigenvalue weighted by molar-refractivity contribution is 5.97. The molecular weight excluding hydrogens is 357 g/mol. The molecule has 3 atom stereocenters. The van der Waals surface area contributed by atoms with Gasteiger partial charge in [-0.05, 0) is 63.8 Å². The van der Waals surface area contributed by atoms with Gasteiger partial charge in [0.2, 0.25) is 0 Å². The number of amides is 1. The van der Waals surface area contributed by atoms with E-state index in [4.69, 9.17) is 0 Å². The van der Waals surface area contributed by atoms with Crippen molar-refractivity contribution in [1.29, 1.82) is 0 Å². The molecule has 0 spiro atoms. The van der Waals surface area contributed by atoms with Gasteiger partial charge in [-0.1, -0.05) is 19.9 Å². The molecule has 0 saturated carbocycles. The Kier molecular flexibility index (Phi) is 10.5. The number of carbonyl (C=O) groups is 1. The summed E-state index contributed by atoms with van der Waals surface area (Å²) in [6.45, 7) is 11.7. The van der Waals surface area contributed by atoms with Gasteiger partial charge < -0.3 is 16.0 Å². The van der Waals surface area contributed by atoms with Gasteiger partial charge in [0.15, 0.2) is 0 Å². The molecule has 1 aliphatic rings. The van der Waals surface area contributed by atoms with Crippen LogP contribution in [0.15, 0.2) is 18.2 Å². The molecule has 1 fully saturated rings. The van der Waals surface area contributed by atoms with Crippen molar-refractivity contribution in [2.75, 3.05) is 11.9 Å². The topological polar surface area (TPSA) is 53.2 Å². The SMILES string of the molecule is Cc1c(NC(C)C(C)C)cccc1C(=O)NC1CCNC(C)C1.Cl.Cl. The lowest BCUT2D eigenvalue weighted by atomic mass is 9.99. The maximum absolute atomic E-state index is 12.7. The molecule has 0 bridgehead atoms. The van der Waals surface area contributed by atoms with E-state index in [1.165, 1.54) is 0 Å². The molecule has 144 valence electrons. The second-order valence-corrected chi connectivity index (χ2v) is 7.21. The fraction of sp³-hybridized carbons (Fsp3) is 0.632. The summed E-state index contributed by atoms with van der Waals surface area (Å²) in [5.41, 5.74) is 2.86. The largest absolute Gasteiger partial charge is 0.382 e. The Hall–Kier alpha value is -0.970. The minimum Gasteiger partial charge on any atom is -0.382 e. The van der Waals surface area contributed by atoms with Crippen LogP contribution in [0.4, 0.5) is 5.69 Å². The first-order valence-electron chi connectivity index (χ1n) is 8.79. The van der Waals surface area contributed by atoms with E-state index < -0.39 is 0 Å². The summed E-state index contributed by atoms with van der Waals surface area (Å²) in [7, 11) is 0. The van der Waals surface area contributed by atoms with Crippen LogP contribution in [-0.4, -0.2) is 30.6 Å². The molecule has 1 aromatic carbocycles. The van der Waals surface area contributed by atoms with Crippen LogP contribution in [0.1, 0.15) is 56.5 Å². The molecule has 1 amide bonds. The molecule has 3 unspecified atom stereocenters. The van der Waals surface area contributed by atoms with Gasteiger partial charge in [-0.25, -0.2) is 0 Å². The molecule has 1 heterocycles. The molecular formula is C19H33Cl2N3O. The number of halogens is 2. The minimum absolute atomic E-state index is 0. The Morgan fingerprint density at radius 1 is 1.24 bits per heavy atom. The highest BCUT2D eigenvalue weighted by Crippen LogP contribution is 2.22. The number of piperidine rings is 1. The average molecular weight is 390 g/mol. The Morgan fingerprint density at radius 3 is 2.52 bits per heavy atom. The second-order valence-electron chi connectivity index (χ2n) is 7.21. The highest BCUT2D eigenvalue weighted by Gasteiger charge is 2.21. The van der Waals surface area contributed by atoms with Gasteiger partial charge >= 0.3 is 0 Å². The first-order chi connectivity index (χ1) is 10.9. The normalized spacial score (nSPS) is 20.9. The fourth-order valence-corrected chi connectivity index (χ4v) is 2.98. The molecule has 0 radical (unpaired) electrons. The molecule has 1 saturated heterocycles. The van der Waals surface area contributed by atoms with Crippen molar-refractivity contribution in [3.8, 4) is 0 Å². The van der Waals surface area contributed by atoms with Crippen molar-refractivity contribution in [3.05, 3.63) is 29.3 Å². The summed E-state index contributed by atoms with van der Waals surface area (Å²) < 4.78 is 0. The summed E-state index contributed by atoms with van der Waals surface area (Å²) in [6, 6.07) is 7.04. The minimum atomic E-state index is 0. The van der Waals surface area contributed by atoms with Gasteiger partial charge in [0, 0.05) is 29.4 Å². The highest BCUT2D eigenvalue weighted by atomic mass is 35.5. The average Bonchev–Trinajstić information content (AvgIpc) is 2.49. The number of rotatable bonds is 5. The third-order valence-electron chi connectivity index (χ3n) is 4.92. The Labute approximate surface area is 164 Å². The van der Waals surface area contributed by atoms with Gasteiger partial charge in [-0.3, -0.25) is 4.79 Å². The number of carbonyl (C=O) groups excluding carboxylic acids is 1. The lowest BCUT2D eigenvalue weighted by Crippen LogP contribution is -2.46. The summed E-state index contributed by atoms with van der Waals surface area (Å²) >= 11 is 0. The zero-order valence-electron chi connectivity index (χ0n) is 15.9. The second kappa shape index (κ2) is 10.9. The van der Waals surface area contributed by atoms with E-state index in [1.807, 2.05) is 19.1 Å². The van der Waals surface area contributed by atoms with Crippen LogP contribution >= 0.6 is 24.8 Å². The first kappa shape index (κ1) is 24.0. The fourth-order valence-electron chi connectivity index (χ4n) is 2.98. The first-order valence-corrected chi connectivity index (χ1v) is 8.79. The smallest absolute Gasteiger partial charge is 0.251 e. The predicted molar refractivity (Wildman–Crippen MR) is 112 cm³/mol. The van der Waals surface area contributed by atoms with Crippen molar-refractivity contribution in [1.82, 2.24) is 10.6 Å². The molecule has 0 aromatic heterocycles. The standard InChI is InChI=1S/C19H31N3O.2ClH/c1-12(2)15(5)21-18-8-6-7-17(14(18)4)19(23)22-16-9-10-20-13(3)11-16;;/h6-8,12-13,15-16,20-21H,9-11H2,1-5H3,(H,22,23);2*1H. The molecule has 4 nitrogen and oxygen atoms in total. The number of hydrogen-bond acceptors (Lipinski definition) is 3. The maximum atomic E-state index is 12.7. The molecule has 6 heteroatoms. The third-order valence-corrected chi connectivity index (χ3v) is 4.92. The molecule has 0 aliphatic carbocycles.